The minimum atomic E-state index is -2.65. The van der Waals surface area contributed by atoms with Crippen molar-refractivity contribution in [3.05, 3.63) is 73.3 Å². The van der Waals surface area contributed by atoms with Gasteiger partial charge in [-0.25, -0.2) is 8.51 Å². The number of nitrogens with zero attached hydrogens (tertiary/aromatic N) is 1. The van der Waals surface area contributed by atoms with Crippen LogP contribution in [0.5, 0.6) is 0 Å². The Morgan fingerprint density at radius 3 is 1.81 bits per heavy atom. The van der Waals surface area contributed by atoms with Crippen LogP contribution in [0.4, 0.5) is 0 Å². The quantitative estimate of drug-likeness (QED) is 0.201. The summed E-state index contributed by atoms with van der Waals surface area (Å²) in [5.74, 6) is 3.53. The lowest BCUT2D eigenvalue weighted by Crippen LogP contribution is -2.66. The van der Waals surface area contributed by atoms with Crippen molar-refractivity contribution in [3.8, 4) is 11.5 Å². The zero-order valence-electron chi connectivity index (χ0n) is 24.4. The molecule has 6 heteroatoms. The van der Waals surface area contributed by atoms with E-state index in [4.69, 9.17) is 4.43 Å². The predicted octanol–water partition coefficient (Wildman–Crippen LogP) is 6.15. The molecule has 0 fully saturated rings. The minimum absolute atomic E-state index is 0.0930. The molecule has 2 aromatic rings. The third-order valence-electron chi connectivity index (χ3n) is 6.13. The molecule has 0 bridgehead atoms. The molecule has 2 aromatic carbocycles. The van der Waals surface area contributed by atoms with Gasteiger partial charge in [-0.15, -0.1) is 12.1 Å². The average molecular weight is 554 g/mol. The first-order chi connectivity index (χ1) is 17.1. The SMILES string of the molecule is C=CCN([C@@H](C#C[Si](C)(C)C)CCO[Si](c1ccccc1)(c1ccccc1)C(C)(C)C)S(=O)C(C)(C)C. The van der Waals surface area contributed by atoms with E-state index in [1.54, 1.807) is 0 Å². The summed E-state index contributed by atoms with van der Waals surface area (Å²) in [5, 5.41) is 2.43. The van der Waals surface area contributed by atoms with Gasteiger partial charge in [0.15, 0.2) is 0 Å². The smallest absolute Gasteiger partial charge is 0.261 e. The van der Waals surface area contributed by atoms with Gasteiger partial charge in [-0.3, -0.25) is 0 Å². The van der Waals surface area contributed by atoms with E-state index in [2.05, 4.69) is 119 Å². The lowest BCUT2D eigenvalue weighted by atomic mass is 10.2. The second kappa shape index (κ2) is 12.9. The van der Waals surface area contributed by atoms with Gasteiger partial charge in [-0.1, -0.05) is 113 Å². The Balaban J connectivity index is 2.53. The molecule has 0 aliphatic rings. The Labute approximate surface area is 231 Å². The Kier molecular flexibility index (Phi) is 10.9. The number of hydrogen-bond donors (Lipinski definition) is 0. The first kappa shape index (κ1) is 31.5. The fourth-order valence-corrected chi connectivity index (χ4v) is 11.0. The Morgan fingerprint density at radius 1 is 0.946 bits per heavy atom. The summed E-state index contributed by atoms with van der Waals surface area (Å²) in [4.78, 5) is 0. The van der Waals surface area contributed by atoms with Crippen molar-refractivity contribution in [3.63, 3.8) is 0 Å². The highest BCUT2D eigenvalue weighted by Gasteiger charge is 2.50. The van der Waals surface area contributed by atoms with Crippen molar-refractivity contribution < 1.29 is 8.63 Å². The van der Waals surface area contributed by atoms with Gasteiger partial charge < -0.3 is 4.43 Å². The molecule has 0 aliphatic carbocycles. The lowest BCUT2D eigenvalue weighted by Gasteiger charge is -2.43. The summed E-state index contributed by atoms with van der Waals surface area (Å²) >= 11 is 0. The highest BCUT2D eigenvalue weighted by molar-refractivity contribution is 7.84. The summed E-state index contributed by atoms with van der Waals surface area (Å²) in [7, 11) is -5.49. The van der Waals surface area contributed by atoms with Crippen molar-refractivity contribution in [2.24, 2.45) is 0 Å². The van der Waals surface area contributed by atoms with Gasteiger partial charge in [-0.2, -0.15) is 0 Å². The van der Waals surface area contributed by atoms with Crippen LogP contribution < -0.4 is 10.4 Å². The van der Waals surface area contributed by atoms with Gasteiger partial charge in [-0.05, 0) is 42.6 Å². The summed E-state index contributed by atoms with van der Waals surface area (Å²) in [6, 6.07) is 21.2. The van der Waals surface area contributed by atoms with E-state index in [1.807, 2.05) is 31.2 Å². The van der Waals surface area contributed by atoms with Crippen LogP contribution in [0.15, 0.2) is 73.3 Å². The lowest BCUT2D eigenvalue weighted by molar-refractivity contribution is 0.262. The summed E-state index contributed by atoms with van der Waals surface area (Å²) in [5.41, 5.74) is 3.54. The molecular formula is C31H47NO2SSi2. The molecule has 1 unspecified atom stereocenters. The highest BCUT2D eigenvalue weighted by atomic mass is 32.2. The Bertz CT molecular complexity index is 1050. The second-order valence-electron chi connectivity index (χ2n) is 12.6. The molecule has 37 heavy (non-hydrogen) atoms. The van der Waals surface area contributed by atoms with Crippen LogP contribution in [0.1, 0.15) is 48.0 Å². The van der Waals surface area contributed by atoms with Gasteiger partial charge in [0, 0.05) is 13.2 Å². The highest BCUT2D eigenvalue weighted by Crippen LogP contribution is 2.37. The van der Waals surface area contributed by atoms with E-state index in [9.17, 15) is 4.21 Å². The van der Waals surface area contributed by atoms with E-state index in [0.29, 0.717) is 19.6 Å². The number of benzene rings is 2. The standard InChI is InChI=1S/C31H47NO2SSi2/c1-11-24-32(35(33)30(2,3)4)27(23-26-36(8,9)10)22-25-34-37(31(5,6)7,28-18-14-12-15-19-28)29-20-16-13-17-21-29/h11-21,27H,1,22,24-25H2,2-10H3/t27-,35?/m1/s1. The minimum Gasteiger partial charge on any atom is -0.407 e. The topological polar surface area (TPSA) is 29.5 Å². The van der Waals surface area contributed by atoms with Gasteiger partial charge in [0.25, 0.3) is 8.32 Å². The van der Waals surface area contributed by atoms with E-state index in [1.165, 1.54) is 10.4 Å². The third kappa shape index (κ3) is 8.36. The number of rotatable bonds is 10. The van der Waals surface area contributed by atoms with Crippen LogP contribution in [0.2, 0.25) is 24.7 Å². The molecule has 2 atom stereocenters. The molecule has 0 heterocycles. The van der Waals surface area contributed by atoms with Crippen molar-refractivity contribution in [1.82, 2.24) is 4.31 Å². The first-order valence-electron chi connectivity index (χ1n) is 13.2. The van der Waals surface area contributed by atoms with Gasteiger partial charge >= 0.3 is 0 Å². The molecule has 0 amide bonds. The van der Waals surface area contributed by atoms with E-state index in [0.717, 1.165) is 0 Å². The normalized spacial score (nSPS) is 14.5. The number of hydrogen-bond acceptors (Lipinski definition) is 2. The maximum absolute atomic E-state index is 13.6. The molecule has 202 valence electrons. The van der Waals surface area contributed by atoms with Crippen LogP contribution in [0.25, 0.3) is 0 Å². The zero-order valence-corrected chi connectivity index (χ0v) is 27.2. The fraction of sp³-hybridized carbons (Fsp3) is 0.484. The van der Waals surface area contributed by atoms with Crippen LogP contribution in [-0.4, -0.2) is 48.8 Å². The van der Waals surface area contributed by atoms with E-state index < -0.39 is 27.4 Å². The van der Waals surface area contributed by atoms with E-state index >= 15 is 0 Å². The van der Waals surface area contributed by atoms with Crippen molar-refractivity contribution in [2.45, 2.75) is 83.4 Å². The van der Waals surface area contributed by atoms with Gasteiger partial charge in [0.1, 0.15) is 19.1 Å². The molecule has 0 N–H and O–H groups in total. The van der Waals surface area contributed by atoms with Crippen LogP contribution in [0, 0.1) is 11.5 Å². The monoisotopic (exact) mass is 553 g/mol. The van der Waals surface area contributed by atoms with Gasteiger partial charge in [0.2, 0.25) is 0 Å². The van der Waals surface area contributed by atoms with Gasteiger partial charge in [0.05, 0.1) is 10.8 Å². The van der Waals surface area contributed by atoms with Crippen molar-refractivity contribution in [1.29, 1.82) is 0 Å². The fourth-order valence-electron chi connectivity index (χ4n) is 4.46. The second-order valence-corrected chi connectivity index (χ2v) is 23.8. The summed E-state index contributed by atoms with van der Waals surface area (Å²) in [6.07, 6.45) is 2.51. The molecule has 0 radical (unpaired) electrons. The predicted molar refractivity (Wildman–Crippen MR) is 168 cm³/mol. The molecule has 0 aliphatic heterocycles. The van der Waals surface area contributed by atoms with Crippen molar-refractivity contribution in [2.75, 3.05) is 13.2 Å². The first-order valence-corrected chi connectivity index (χ1v) is 19.7. The molecule has 0 aromatic heterocycles. The summed E-state index contributed by atoms with van der Waals surface area (Å²) < 4.78 is 22.4. The largest absolute Gasteiger partial charge is 0.407 e. The van der Waals surface area contributed by atoms with Crippen molar-refractivity contribution >= 4 is 37.8 Å². The third-order valence-corrected chi connectivity index (χ3v) is 13.9. The Morgan fingerprint density at radius 2 is 1.43 bits per heavy atom. The maximum atomic E-state index is 13.6. The molecule has 3 nitrogen and oxygen atoms in total. The molecule has 2 rings (SSSR count). The maximum Gasteiger partial charge on any atom is 0.261 e. The zero-order chi connectivity index (χ0) is 27.9. The van der Waals surface area contributed by atoms with Crippen LogP contribution in [-0.2, 0) is 15.4 Å². The van der Waals surface area contributed by atoms with Crippen LogP contribution >= 0.6 is 0 Å². The Hall–Kier alpha value is -1.76. The summed E-state index contributed by atoms with van der Waals surface area (Å²) in [6.45, 7) is 24.7. The molecular weight excluding hydrogens is 507 g/mol. The molecule has 0 saturated carbocycles. The molecule has 0 saturated heterocycles. The van der Waals surface area contributed by atoms with E-state index in [-0.39, 0.29) is 15.8 Å². The van der Waals surface area contributed by atoms with Crippen LogP contribution in [0.3, 0.4) is 0 Å². The molecule has 0 spiro atoms. The average Bonchev–Trinajstić information content (AvgIpc) is 2.81.